The van der Waals surface area contributed by atoms with Crippen LogP contribution in [-0.4, -0.2) is 31.4 Å². The molecule has 13 heavy (non-hydrogen) atoms. The first-order valence-electron chi connectivity index (χ1n) is 4.56. The van der Waals surface area contributed by atoms with Gasteiger partial charge in [-0.2, -0.15) is 0 Å². The topological polar surface area (TPSA) is 6.48 Å². The number of hydrogen-bond acceptors (Lipinski definition) is 2. The van der Waals surface area contributed by atoms with Gasteiger partial charge in [0, 0.05) is 27.8 Å². The van der Waals surface area contributed by atoms with E-state index in [9.17, 15) is 0 Å². The average molecular weight is 194 g/mol. The molecule has 0 saturated carbocycles. The van der Waals surface area contributed by atoms with Gasteiger partial charge in [0.25, 0.3) is 0 Å². The van der Waals surface area contributed by atoms with Gasteiger partial charge in [-0.25, -0.2) is 5.01 Å². The molecular formula is C10H15N2P. The molecule has 0 N–H and O–H groups in total. The zero-order valence-electron chi connectivity index (χ0n) is 8.14. The predicted octanol–water partition coefficient (Wildman–Crippen LogP) is 2.38. The van der Waals surface area contributed by atoms with E-state index in [-0.39, 0.29) is 8.07 Å². The fraction of sp³-hybridized carbons (Fsp3) is 0.400. The van der Waals surface area contributed by atoms with Crippen molar-refractivity contribution in [2.45, 2.75) is 0 Å². The molecule has 1 unspecified atom stereocenters. The first-order valence-corrected chi connectivity index (χ1v) is 6.49. The summed E-state index contributed by atoms with van der Waals surface area (Å²) in [6, 6.07) is 10.6. The molecule has 2 rings (SSSR count). The van der Waals surface area contributed by atoms with Gasteiger partial charge in [0.15, 0.2) is 0 Å². The van der Waals surface area contributed by atoms with Crippen LogP contribution in [0.2, 0.25) is 0 Å². The Morgan fingerprint density at radius 1 is 1.23 bits per heavy atom. The van der Waals surface area contributed by atoms with Crippen LogP contribution in [0.15, 0.2) is 30.3 Å². The lowest BCUT2D eigenvalue weighted by atomic mass is 10.3. The Kier molecular flexibility index (Phi) is 2.52. The van der Waals surface area contributed by atoms with E-state index in [0.717, 1.165) is 0 Å². The first kappa shape index (κ1) is 8.98. The third-order valence-corrected chi connectivity index (χ3v) is 4.41. The van der Waals surface area contributed by atoms with E-state index in [1.54, 1.807) is 0 Å². The molecule has 1 fully saturated rings. The van der Waals surface area contributed by atoms with E-state index < -0.39 is 0 Å². The van der Waals surface area contributed by atoms with Gasteiger partial charge in [-0.15, -0.1) is 0 Å². The van der Waals surface area contributed by atoms with Crippen LogP contribution in [-0.2, 0) is 0 Å². The highest BCUT2D eigenvalue weighted by molar-refractivity contribution is 7.58. The van der Waals surface area contributed by atoms with Crippen LogP contribution in [0.3, 0.4) is 0 Å². The van der Waals surface area contributed by atoms with Crippen molar-refractivity contribution in [3.63, 3.8) is 0 Å². The van der Waals surface area contributed by atoms with Crippen molar-refractivity contribution in [2.24, 2.45) is 0 Å². The lowest BCUT2D eigenvalue weighted by Crippen LogP contribution is -2.29. The zero-order valence-corrected chi connectivity index (χ0v) is 9.04. The van der Waals surface area contributed by atoms with Crippen molar-refractivity contribution in [3.8, 4) is 0 Å². The van der Waals surface area contributed by atoms with Crippen molar-refractivity contribution < 1.29 is 0 Å². The number of hydrazine groups is 1. The number of anilines is 1. The summed E-state index contributed by atoms with van der Waals surface area (Å²) in [5.74, 6) is 0. The summed E-state index contributed by atoms with van der Waals surface area (Å²) in [5.41, 5.74) is 1.33. The largest absolute Gasteiger partial charge is 0.286 e. The standard InChI is InChI=1S/C10H15N2P/c1-11-8-9-13(2)12(11)10-6-4-3-5-7-10/h3-7H,8-9H2,1-2H3. The van der Waals surface area contributed by atoms with Gasteiger partial charge in [0.2, 0.25) is 0 Å². The number of nitrogens with zero attached hydrogens (tertiary/aromatic N) is 2. The molecule has 0 aromatic heterocycles. The van der Waals surface area contributed by atoms with E-state index in [4.69, 9.17) is 0 Å². The Morgan fingerprint density at radius 2 is 1.92 bits per heavy atom. The Hall–Kier alpha value is -0.590. The van der Waals surface area contributed by atoms with E-state index in [0.29, 0.717) is 0 Å². The Labute approximate surface area is 80.9 Å². The summed E-state index contributed by atoms with van der Waals surface area (Å²) < 4.78 is 2.43. The van der Waals surface area contributed by atoms with E-state index in [1.807, 2.05) is 0 Å². The minimum atomic E-state index is 0.0152. The van der Waals surface area contributed by atoms with Crippen LogP contribution in [0.4, 0.5) is 5.69 Å². The number of para-hydroxylation sites is 1. The van der Waals surface area contributed by atoms with Gasteiger partial charge in [-0.05, 0) is 18.8 Å². The summed E-state index contributed by atoms with van der Waals surface area (Å²) >= 11 is 0. The molecule has 0 amide bonds. The molecule has 1 saturated heterocycles. The van der Waals surface area contributed by atoms with Gasteiger partial charge in [-0.1, -0.05) is 18.2 Å². The molecule has 1 aromatic rings. The number of hydrogen-bond donors (Lipinski definition) is 0. The van der Waals surface area contributed by atoms with Crippen LogP contribution in [0.25, 0.3) is 0 Å². The van der Waals surface area contributed by atoms with E-state index >= 15 is 0 Å². The second-order valence-electron chi connectivity index (χ2n) is 3.39. The molecule has 1 heterocycles. The predicted molar refractivity (Wildman–Crippen MR) is 59.3 cm³/mol. The van der Waals surface area contributed by atoms with Crippen molar-refractivity contribution in [1.82, 2.24) is 5.01 Å². The van der Waals surface area contributed by atoms with Gasteiger partial charge < -0.3 is 0 Å². The first-order chi connectivity index (χ1) is 6.29. The van der Waals surface area contributed by atoms with Crippen molar-refractivity contribution in [1.29, 1.82) is 0 Å². The Balaban J connectivity index is 2.25. The maximum absolute atomic E-state index is 2.43. The highest BCUT2D eigenvalue weighted by Crippen LogP contribution is 2.45. The molecule has 0 radical (unpaired) electrons. The monoisotopic (exact) mass is 194 g/mol. The molecule has 1 aliphatic rings. The lowest BCUT2D eigenvalue weighted by molar-refractivity contribution is 0.405. The Bertz CT molecular complexity index is 266. The van der Waals surface area contributed by atoms with Crippen molar-refractivity contribution in [2.75, 3.05) is 31.2 Å². The third-order valence-electron chi connectivity index (χ3n) is 2.38. The minimum Gasteiger partial charge on any atom is -0.286 e. The van der Waals surface area contributed by atoms with Gasteiger partial charge in [-0.3, -0.25) is 4.78 Å². The fourth-order valence-corrected chi connectivity index (χ4v) is 3.60. The van der Waals surface area contributed by atoms with Gasteiger partial charge in [0.05, 0.1) is 5.69 Å². The summed E-state index contributed by atoms with van der Waals surface area (Å²) in [4.78, 5) is 0. The van der Waals surface area contributed by atoms with E-state index in [2.05, 4.69) is 53.8 Å². The van der Waals surface area contributed by atoms with Crippen molar-refractivity contribution in [3.05, 3.63) is 30.3 Å². The minimum absolute atomic E-state index is 0.0152. The van der Waals surface area contributed by atoms with E-state index in [1.165, 1.54) is 18.4 Å². The fourth-order valence-electron chi connectivity index (χ4n) is 1.70. The Morgan fingerprint density at radius 3 is 2.46 bits per heavy atom. The highest BCUT2D eigenvalue weighted by atomic mass is 31.1. The van der Waals surface area contributed by atoms with Crippen LogP contribution in [0.1, 0.15) is 0 Å². The summed E-state index contributed by atoms with van der Waals surface area (Å²) in [7, 11) is 2.18. The van der Waals surface area contributed by atoms with Crippen LogP contribution >= 0.6 is 8.07 Å². The number of benzene rings is 1. The SMILES string of the molecule is CN1CCP(C)N1c1ccccc1. The maximum atomic E-state index is 2.43. The summed E-state index contributed by atoms with van der Waals surface area (Å²) in [6.07, 6.45) is 1.32. The maximum Gasteiger partial charge on any atom is 0.0562 e. The third kappa shape index (κ3) is 1.70. The van der Waals surface area contributed by atoms with Crippen LogP contribution in [0.5, 0.6) is 0 Å². The second-order valence-corrected chi connectivity index (χ2v) is 5.53. The highest BCUT2D eigenvalue weighted by Gasteiger charge is 2.25. The average Bonchev–Trinajstić information content (AvgIpc) is 2.48. The molecule has 70 valence electrons. The lowest BCUT2D eigenvalue weighted by Gasteiger charge is -2.29. The molecule has 1 aromatic carbocycles. The van der Waals surface area contributed by atoms with Crippen molar-refractivity contribution >= 4 is 13.8 Å². The van der Waals surface area contributed by atoms with Crippen LogP contribution in [0, 0.1) is 0 Å². The second kappa shape index (κ2) is 3.65. The zero-order chi connectivity index (χ0) is 9.26. The number of rotatable bonds is 1. The molecular weight excluding hydrogens is 179 g/mol. The molecule has 1 aliphatic heterocycles. The molecule has 0 bridgehead atoms. The van der Waals surface area contributed by atoms with Gasteiger partial charge >= 0.3 is 0 Å². The molecule has 0 spiro atoms. The van der Waals surface area contributed by atoms with Gasteiger partial charge in [0.1, 0.15) is 0 Å². The molecule has 2 nitrogen and oxygen atoms in total. The summed E-state index contributed by atoms with van der Waals surface area (Å²) in [6.45, 7) is 3.53. The summed E-state index contributed by atoms with van der Waals surface area (Å²) in [5, 5.41) is 2.32. The quantitative estimate of drug-likeness (QED) is 0.633. The molecule has 3 heteroatoms. The molecule has 1 atom stereocenters. The molecule has 0 aliphatic carbocycles. The van der Waals surface area contributed by atoms with Crippen LogP contribution < -0.4 is 4.78 Å². The smallest absolute Gasteiger partial charge is 0.0562 e. The normalized spacial score (nSPS) is 23.8.